The zero-order valence-corrected chi connectivity index (χ0v) is 13.8. The number of rotatable bonds is 6. The first-order chi connectivity index (χ1) is 11.1. The third-order valence-electron chi connectivity index (χ3n) is 3.35. The van der Waals surface area contributed by atoms with Gasteiger partial charge in [-0.25, -0.2) is 13.1 Å². The van der Waals surface area contributed by atoms with Gasteiger partial charge in [-0.2, -0.15) is 11.3 Å². The summed E-state index contributed by atoms with van der Waals surface area (Å²) in [4.78, 5) is 8.12. The lowest BCUT2D eigenvalue weighted by Gasteiger charge is -2.18. The molecule has 0 saturated heterocycles. The van der Waals surface area contributed by atoms with Crippen LogP contribution in [0.4, 0.5) is 0 Å². The molecule has 0 radical (unpaired) electrons. The highest BCUT2D eigenvalue weighted by molar-refractivity contribution is 7.89. The maximum atomic E-state index is 12.6. The van der Waals surface area contributed by atoms with Gasteiger partial charge in [-0.15, -0.1) is 0 Å². The fraction of sp³-hybridized carbons (Fsp3) is 0.125. The molecule has 0 bridgehead atoms. The average Bonchev–Trinajstić information content (AvgIpc) is 3.09. The van der Waals surface area contributed by atoms with Crippen molar-refractivity contribution in [2.45, 2.75) is 17.4 Å². The summed E-state index contributed by atoms with van der Waals surface area (Å²) in [6.07, 6.45) is 6.80. The lowest BCUT2D eigenvalue weighted by molar-refractivity contribution is 0.554. The van der Waals surface area contributed by atoms with Crippen LogP contribution in [0.1, 0.15) is 17.2 Å². The van der Waals surface area contributed by atoms with Crippen molar-refractivity contribution >= 4 is 21.4 Å². The molecule has 3 rings (SSSR count). The zero-order chi connectivity index (χ0) is 16.1. The Hall–Kier alpha value is -2.09. The predicted octanol–water partition coefficient (Wildman–Crippen LogP) is 2.80. The lowest BCUT2D eigenvalue weighted by Crippen LogP contribution is -2.30. The third-order valence-corrected chi connectivity index (χ3v) is 5.54. The second-order valence-electron chi connectivity index (χ2n) is 4.98. The van der Waals surface area contributed by atoms with Gasteiger partial charge < -0.3 is 0 Å². The Kier molecular flexibility index (Phi) is 4.80. The van der Waals surface area contributed by atoms with E-state index in [1.54, 1.807) is 42.1 Å². The number of sulfonamides is 1. The largest absolute Gasteiger partial charge is 0.264 e. The summed E-state index contributed by atoms with van der Waals surface area (Å²) >= 11 is 1.59. The Morgan fingerprint density at radius 3 is 2.48 bits per heavy atom. The lowest BCUT2D eigenvalue weighted by atomic mass is 10.0. The maximum absolute atomic E-state index is 12.6. The molecule has 3 heterocycles. The van der Waals surface area contributed by atoms with Gasteiger partial charge in [0, 0.05) is 24.8 Å². The van der Waals surface area contributed by atoms with Gasteiger partial charge in [-0.1, -0.05) is 6.07 Å². The molecular weight excluding hydrogens is 330 g/mol. The monoisotopic (exact) mass is 345 g/mol. The highest BCUT2D eigenvalue weighted by Crippen LogP contribution is 2.22. The Morgan fingerprint density at radius 1 is 1.09 bits per heavy atom. The number of thiophene rings is 1. The highest BCUT2D eigenvalue weighted by atomic mass is 32.2. The van der Waals surface area contributed by atoms with E-state index in [1.165, 1.54) is 12.3 Å². The molecule has 0 saturated carbocycles. The van der Waals surface area contributed by atoms with Crippen molar-refractivity contribution in [2.24, 2.45) is 0 Å². The molecule has 1 atom stereocenters. The van der Waals surface area contributed by atoms with Crippen molar-refractivity contribution in [2.75, 3.05) is 0 Å². The topological polar surface area (TPSA) is 72.0 Å². The molecule has 0 amide bonds. The molecule has 1 unspecified atom stereocenters. The molecule has 0 aliphatic rings. The minimum Gasteiger partial charge on any atom is -0.264 e. The maximum Gasteiger partial charge on any atom is 0.242 e. The van der Waals surface area contributed by atoms with Crippen molar-refractivity contribution in [3.05, 3.63) is 77.0 Å². The Bertz CT molecular complexity index is 836. The summed E-state index contributed by atoms with van der Waals surface area (Å²) in [5.74, 6) is 0. The second-order valence-corrected chi connectivity index (χ2v) is 7.48. The van der Waals surface area contributed by atoms with E-state index < -0.39 is 10.0 Å². The van der Waals surface area contributed by atoms with Crippen LogP contribution in [0, 0.1) is 0 Å². The number of hydrogen-bond donors (Lipinski definition) is 1. The van der Waals surface area contributed by atoms with Crippen LogP contribution in [-0.2, 0) is 16.4 Å². The molecule has 118 valence electrons. The van der Waals surface area contributed by atoms with Gasteiger partial charge in [0.25, 0.3) is 0 Å². The van der Waals surface area contributed by atoms with Crippen LogP contribution in [-0.4, -0.2) is 18.4 Å². The molecule has 0 aliphatic carbocycles. The fourth-order valence-corrected chi connectivity index (χ4v) is 4.08. The number of aromatic nitrogens is 2. The van der Waals surface area contributed by atoms with Gasteiger partial charge in [0.2, 0.25) is 10.0 Å². The van der Waals surface area contributed by atoms with Crippen LogP contribution in [0.15, 0.2) is 70.8 Å². The first-order valence-corrected chi connectivity index (χ1v) is 9.41. The number of nitrogens with one attached hydrogen (secondary N) is 1. The van der Waals surface area contributed by atoms with E-state index in [2.05, 4.69) is 14.7 Å². The van der Waals surface area contributed by atoms with Gasteiger partial charge in [0.05, 0.1) is 6.04 Å². The zero-order valence-electron chi connectivity index (χ0n) is 12.2. The number of pyridine rings is 2. The standard InChI is InChI=1S/C16H15N3O2S2/c20-23(21,15-4-2-7-18-11-15)19-16(9-13-5-8-22-12-13)14-3-1-6-17-10-14/h1-8,10-12,16,19H,9H2. The van der Waals surface area contributed by atoms with Crippen molar-refractivity contribution in [1.29, 1.82) is 0 Å². The molecule has 3 aromatic heterocycles. The fourth-order valence-electron chi connectivity index (χ4n) is 2.22. The van der Waals surface area contributed by atoms with Crippen LogP contribution in [0.25, 0.3) is 0 Å². The first-order valence-electron chi connectivity index (χ1n) is 6.98. The first kappa shape index (κ1) is 15.8. The quantitative estimate of drug-likeness (QED) is 0.746. The molecule has 5 nitrogen and oxygen atoms in total. The van der Waals surface area contributed by atoms with E-state index in [4.69, 9.17) is 0 Å². The molecule has 1 N–H and O–H groups in total. The SMILES string of the molecule is O=S(=O)(NC(Cc1ccsc1)c1cccnc1)c1cccnc1. The van der Waals surface area contributed by atoms with Crippen molar-refractivity contribution in [3.8, 4) is 0 Å². The van der Waals surface area contributed by atoms with Crippen molar-refractivity contribution in [1.82, 2.24) is 14.7 Å². The van der Waals surface area contributed by atoms with E-state index in [0.29, 0.717) is 6.42 Å². The summed E-state index contributed by atoms with van der Waals surface area (Å²) in [7, 11) is -3.65. The van der Waals surface area contributed by atoms with E-state index in [1.807, 2.05) is 22.9 Å². The highest BCUT2D eigenvalue weighted by Gasteiger charge is 2.22. The van der Waals surface area contributed by atoms with Gasteiger partial charge in [0.15, 0.2) is 0 Å². The van der Waals surface area contributed by atoms with E-state index in [0.717, 1.165) is 11.1 Å². The molecular formula is C16H15N3O2S2. The van der Waals surface area contributed by atoms with Crippen LogP contribution in [0.5, 0.6) is 0 Å². The average molecular weight is 345 g/mol. The Labute approximate surface area is 139 Å². The predicted molar refractivity (Wildman–Crippen MR) is 89.6 cm³/mol. The van der Waals surface area contributed by atoms with E-state index in [9.17, 15) is 8.42 Å². The van der Waals surface area contributed by atoms with Crippen LogP contribution < -0.4 is 4.72 Å². The summed E-state index contributed by atoms with van der Waals surface area (Å²) in [5.41, 5.74) is 1.91. The van der Waals surface area contributed by atoms with E-state index >= 15 is 0 Å². The Morgan fingerprint density at radius 2 is 1.87 bits per heavy atom. The van der Waals surface area contributed by atoms with Crippen LogP contribution in [0.3, 0.4) is 0 Å². The second kappa shape index (κ2) is 6.99. The molecule has 0 aliphatic heterocycles. The normalized spacial score (nSPS) is 12.9. The van der Waals surface area contributed by atoms with Crippen LogP contribution in [0.2, 0.25) is 0 Å². The molecule has 0 spiro atoms. The molecule has 0 fully saturated rings. The summed E-state index contributed by atoms with van der Waals surface area (Å²) in [5, 5.41) is 3.99. The van der Waals surface area contributed by atoms with Gasteiger partial charge >= 0.3 is 0 Å². The molecule has 0 aromatic carbocycles. The summed E-state index contributed by atoms with van der Waals surface area (Å²) in [6, 6.07) is 8.41. The molecule has 23 heavy (non-hydrogen) atoms. The minimum absolute atomic E-state index is 0.152. The summed E-state index contributed by atoms with van der Waals surface area (Å²) < 4.78 is 27.9. The van der Waals surface area contributed by atoms with Crippen molar-refractivity contribution in [3.63, 3.8) is 0 Å². The number of nitrogens with zero attached hydrogens (tertiary/aromatic N) is 2. The minimum atomic E-state index is -3.65. The molecule has 3 aromatic rings. The van der Waals surface area contributed by atoms with Crippen molar-refractivity contribution < 1.29 is 8.42 Å². The van der Waals surface area contributed by atoms with Crippen LogP contribution >= 0.6 is 11.3 Å². The Balaban J connectivity index is 1.90. The van der Waals surface area contributed by atoms with Gasteiger partial charge in [-0.3, -0.25) is 9.97 Å². The van der Waals surface area contributed by atoms with Gasteiger partial charge in [-0.05, 0) is 52.6 Å². The van der Waals surface area contributed by atoms with Gasteiger partial charge in [0.1, 0.15) is 4.90 Å². The van der Waals surface area contributed by atoms with E-state index in [-0.39, 0.29) is 10.9 Å². The smallest absolute Gasteiger partial charge is 0.242 e. The number of hydrogen-bond acceptors (Lipinski definition) is 5. The summed E-state index contributed by atoms with van der Waals surface area (Å²) in [6.45, 7) is 0. The molecule has 7 heteroatoms. The third kappa shape index (κ3) is 4.01.